The third-order valence-electron chi connectivity index (χ3n) is 10.1. The van der Waals surface area contributed by atoms with Gasteiger partial charge >= 0.3 is 0 Å². The van der Waals surface area contributed by atoms with Crippen LogP contribution in [-0.4, -0.2) is 84.1 Å². The maximum absolute atomic E-state index is 12.3. The number of aromatic nitrogens is 3. The van der Waals surface area contributed by atoms with E-state index in [0.717, 1.165) is 95.5 Å². The molecule has 2 aliphatic heterocycles. The lowest BCUT2D eigenvalue weighted by atomic mass is 9.84. The van der Waals surface area contributed by atoms with Gasteiger partial charge in [0.15, 0.2) is 17.1 Å². The fourth-order valence-corrected chi connectivity index (χ4v) is 7.50. The summed E-state index contributed by atoms with van der Waals surface area (Å²) in [5.41, 5.74) is 7.21. The smallest absolute Gasteiger partial charge is 0.236 e. The van der Waals surface area contributed by atoms with E-state index in [-0.39, 0.29) is 5.91 Å². The normalized spacial score (nSPS) is 23.8. The van der Waals surface area contributed by atoms with Crippen LogP contribution in [0.2, 0.25) is 0 Å². The Morgan fingerprint density at radius 3 is 2.52 bits per heavy atom. The molecule has 44 heavy (non-hydrogen) atoms. The highest BCUT2D eigenvalue weighted by Gasteiger charge is 2.38. The summed E-state index contributed by atoms with van der Waals surface area (Å²) in [5.74, 6) is 3.34. The summed E-state index contributed by atoms with van der Waals surface area (Å²) >= 11 is 0. The van der Waals surface area contributed by atoms with Crippen molar-refractivity contribution in [1.29, 1.82) is 0 Å². The Balaban J connectivity index is 1.21. The van der Waals surface area contributed by atoms with Crippen LogP contribution >= 0.6 is 0 Å². The first-order valence-corrected chi connectivity index (χ1v) is 15.6. The summed E-state index contributed by atoms with van der Waals surface area (Å²) in [4.78, 5) is 26.6. The van der Waals surface area contributed by atoms with Crippen LogP contribution in [0.15, 0.2) is 55.0 Å². The van der Waals surface area contributed by atoms with E-state index < -0.39 is 0 Å². The van der Waals surface area contributed by atoms with E-state index in [4.69, 9.17) is 14.5 Å². The standard InChI is InChI=1S/C35H41N6O3/c1-23-34-33(25-11-14-29(31(21-25)44-5)41(3)20-15-27-28(41)7-6-8-30(27)43-4)37-35(40(34)17-16-36-23)24-9-12-26(13-10-24)39-19-18-38(2)32(42)22-39/h6-8,11,14-17,20-21,24,26H,9-10,12-13,18-19,22H2,1-5H3/q+1. The Morgan fingerprint density at radius 1 is 0.977 bits per heavy atom. The molecule has 9 nitrogen and oxygen atoms in total. The van der Waals surface area contributed by atoms with Crippen LogP contribution in [-0.2, 0) is 4.79 Å². The highest BCUT2D eigenvalue weighted by Crippen LogP contribution is 2.49. The number of rotatable bonds is 6. The molecule has 2 aromatic heterocycles. The van der Waals surface area contributed by atoms with Gasteiger partial charge in [0.2, 0.25) is 5.91 Å². The minimum absolute atomic E-state index is 0.229. The average molecular weight is 594 g/mol. The van der Waals surface area contributed by atoms with Gasteiger partial charge in [-0.1, -0.05) is 6.07 Å². The number of benzene rings is 2. The second kappa shape index (κ2) is 11.1. The molecule has 0 spiro atoms. The highest BCUT2D eigenvalue weighted by molar-refractivity contribution is 5.86. The second-order valence-electron chi connectivity index (χ2n) is 12.5. The summed E-state index contributed by atoms with van der Waals surface area (Å²) in [6, 6.07) is 13.1. The molecular formula is C35H41N6O3+. The lowest BCUT2D eigenvalue weighted by Crippen LogP contribution is -2.52. The number of hydrogen-bond acceptors (Lipinski definition) is 6. The Labute approximate surface area is 258 Å². The van der Waals surface area contributed by atoms with Crippen molar-refractivity contribution < 1.29 is 14.3 Å². The zero-order valence-corrected chi connectivity index (χ0v) is 26.3. The van der Waals surface area contributed by atoms with Gasteiger partial charge in [0.25, 0.3) is 0 Å². The number of quaternary nitrogens is 1. The van der Waals surface area contributed by atoms with E-state index in [0.29, 0.717) is 23.0 Å². The maximum atomic E-state index is 12.3. The van der Waals surface area contributed by atoms with Gasteiger partial charge in [-0.2, -0.15) is 0 Å². The lowest BCUT2D eigenvalue weighted by molar-refractivity contribution is -0.135. The Hall–Kier alpha value is -4.21. The number of amides is 1. The number of hydrogen-bond donors (Lipinski definition) is 0. The topological polar surface area (TPSA) is 72.2 Å². The molecule has 1 unspecified atom stereocenters. The lowest BCUT2D eigenvalue weighted by Gasteiger charge is -2.40. The van der Waals surface area contributed by atoms with Crippen molar-refractivity contribution in [3.05, 3.63) is 72.1 Å². The average Bonchev–Trinajstić information content (AvgIpc) is 3.62. The number of carbonyl (C=O) groups excluding carboxylic acids is 1. The van der Waals surface area contributed by atoms with E-state index in [1.165, 1.54) is 0 Å². The third kappa shape index (κ3) is 4.57. The summed E-state index contributed by atoms with van der Waals surface area (Å²) < 4.78 is 14.4. The number of aryl methyl sites for hydroxylation is 1. The Morgan fingerprint density at radius 2 is 1.77 bits per heavy atom. The maximum Gasteiger partial charge on any atom is 0.236 e. The molecule has 1 saturated carbocycles. The molecule has 228 valence electrons. The summed E-state index contributed by atoms with van der Waals surface area (Å²) in [6.45, 7) is 4.38. The third-order valence-corrected chi connectivity index (χ3v) is 10.1. The molecule has 9 heteroatoms. The molecule has 1 amide bonds. The summed E-state index contributed by atoms with van der Waals surface area (Å²) in [5, 5.41) is 0. The number of likely N-dealkylation sites (N-methyl/N-ethyl adjacent to an activating group) is 1. The van der Waals surface area contributed by atoms with Crippen LogP contribution in [0.5, 0.6) is 11.5 Å². The van der Waals surface area contributed by atoms with Crippen molar-refractivity contribution in [3.8, 4) is 22.8 Å². The monoisotopic (exact) mass is 593 g/mol. The summed E-state index contributed by atoms with van der Waals surface area (Å²) in [7, 11) is 7.52. The van der Waals surface area contributed by atoms with E-state index in [2.05, 4.69) is 71.0 Å². The van der Waals surface area contributed by atoms with Crippen molar-refractivity contribution in [2.45, 2.75) is 44.6 Å². The van der Waals surface area contributed by atoms with Crippen LogP contribution in [0.4, 0.5) is 11.4 Å². The molecular weight excluding hydrogens is 552 g/mol. The zero-order valence-electron chi connectivity index (χ0n) is 26.3. The first-order chi connectivity index (χ1) is 21.3. The quantitative estimate of drug-likeness (QED) is 0.264. The van der Waals surface area contributed by atoms with Crippen LogP contribution in [0, 0.1) is 6.92 Å². The fraction of sp³-hybridized carbons (Fsp3) is 0.400. The first-order valence-electron chi connectivity index (χ1n) is 15.6. The molecule has 2 fully saturated rings. The van der Waals surface area contributed by atoms with Crippen molar-refractivity contribution in [3.63, 3.8) is 0 Å². The van der Waals surface area contributed by atoms with Gasteiger partial charge in [0.1, 0.15) is 17.8 Å². The van der Waals surface area contributed by atoms with Crippen molar-refractivity contribution in [2.75, 3.05) is 47.9 Å². The summed E-state index contributed by atoms with van der Waals surface area (Å²) in [6.07, 6.45) is 12.5. The van der Waals surface area contributed by atoms with E-state index in [1.807, 2.05) is 30.3 Å². The molecule has 1 atom stereocenters. The molecule has 1 saturated heterocycles. The number of carbonyl (C=O) groups is 1. The predicted octanol–water partition coefficient (Wildman–Crippen LogP) is 5.78. The highest BCUT2D eigenvalue weighted by atomic mass is 16.5. The van der Waals surface area contributed by atoms with E-state index >= 15 is 0 Å². The molecule has 0 bridgehead atoms. The van der Waals surface area contributed by atoms with Gasteiger partial charge in [0, 0.05) is 68.3 Å². The van der Waals surface area contributed by atoms with Crippen LogP contribution in [0.25, 0.3) is 22.9 Å². The second-order valence-corrected chi connectivity index (χ2v) is 12.5. The molecule has 4 heterocycles. The number of methoxy groups -OCH3 is 2. The van der Waals surface area contributed by atoms with Crippen LogP contribution < -0.4 is 14.0 Å². The molecule has 7 rings (SSSR count). The van der Waals surface area contributed by atoms with Gasteiger partial charge < -0.3 is 14.4 Å². The molecule has 1 aliphatic carbocycles. The van der Waals surface area contributed by atoms with Crippen molar-refractivity contribution in [1.82, 2.24) is 28.7 Å². The van der Waals surface area contributed by atoms with Gasteiger partial charge in [-0.15, -0.1) is 0 Å². The van der Waals surface area contributed by atoms with E-state index in [1.54, 1.807) is 14.2 Å². The Bertz CT molecular complexity index is 1770. The molecule has 0 radical (unpaired) electrons. The number of piperazine rings is 1. The van der Waals surface area contributed by atoms with Gasteiger partial charge in [-0.25, -0.2) is 9.47 Å². The SMILES string of the molecule is COc1cc(-c2nc(C3CCC(N4CCN(C)C(=O)C4)CC3)n3ccnc(C)c23)ccc1[N+]1(C)C=Cc2c(OC)cccc21. The van der Waals surface area contributed by atoms with Gasteiger partial charge in [0.05, 0.1) is 50.3 Å². The van der Waals surface area contributed by atoms with Crippen LogP contribution in [0.3, 0.4) is 0 Å². The molecule has 0 N–H and O–H groups in total. The number of ether oxygens (including phenoxy) is 2. The fourth-order valence-electron chi connectivity index (χ4n) is 7.50. The number of fused-ring (bicyclic) bond motifs is 2. The number of nitrogens with zero attached hydrogens (tertiary/aromatic N) is 6. The van der Waals surface area contributed by atoms with Crippen LogP contribution in [0.1, 0.15) is 48.7 Å². The minimum Gasteiger partial charge on any atom is -0.496 e. The molecule has 4 aromatic rings. The number of imidazole rings is 1. The van der Waals surface area contributed by atoms with Crippen molar-refractivity contribution >= 4 is 28.9 Å². The van der Waals surface area contributed by atoms with Gasteiger partial charge in [-0.05, 0) is 50.8 Å². The van der Waals surface area contributed by atoms with E-state index in [9.17, 15) is 4.79 Å². The molecule has 3 aliphatic rings. The minimum atomic E-state index is 0.229. The largest absolute Gasteiger partial charge is 0.496 e. The van der Waals surface area contributed by atoms with Crippen molar-refractivity contribution in [2.24, 2.45) is 0 Å². The first kappa shape index (κ1) is 28.6. The Kier molecular flexibility index (Phi) is 7.17. The van der Waals surface area contributed by atoms with Gasteiger partial charge in [-0.3, -0.25) is 19.1 Å². The predicted molar refractivity (Wildman–Crippen MR) is 173 cm³/mol. The molecule has 2 aromatic carbocycles. The zero-order chi connectivity index (χ0) is 30.6.